The van der Waals surface area contributed by atoms with E-state index < -0.39 is 6.04 Å². The van der Waals surface area contributed by atoms with Crippen LogP contribution >= 0.6 is 0 Å². The van der Waals surface area contributed by atoms with Crippen LogP contribution < -0.4 is 15.8 Å². The molecule has 2 aromatic rings. The Morgan fingerprint density at radius 2 is 1.95 bits per heavy atom. The number of nitrogens with two attached hydrogens (primary N) is 1. The number of nitrogens with one attached hydrogen (secondary N) is 1. The molecule has 0 aliphatic rings. The van der Waals surface area contributed by atoms with Crippen molar-refractivity contribution in [3.05, 3.63) is 65.2 Å². The van der Waals surface area contributed by atoms with Gasteiger partial charge in [0.1, 0.15) is 11.8 Å². The molecule has 0 aliphatic heterocycles. The normalized spacial score (nSPS) is 11.9. The first-order valence-corrected chi connectivity index (χ1v) is 6.83. The van der Waals surface area contributed by atoms with E-state index in [1.165, 1.54) is 0 Å². The lowest BCUT2D eigenvalue weighted by molar-refractivity contribution is -0.120. The van der Waals surface area contributed by atoms with Crippen LogP contribution in [0.25, 0.3) is 0 Å². The van der Waals surface area contributed by atoms with Gasteiger partial charge in [0.05, 0.1) is 7.11 Å². The maximum atomic E-state index is 11.6. The number of hydrogen-bond acceptors (Lipinski definition) is 3. The summed E-state index contributed by atoms with van der Waals surface area (Å²) >= 11 is 0. The van der Waals surface area contributed by atoms with Gasteiger partial charge in [0, 0.05) is 6.54 Å². The van der Waals surface area contributed by atoms with Gasteiger partial charge in [0.2, 0.25) is 5.91 Å². The van der Waals surface area contributed by atoms with Gasteiger partial charge in [-0.05, 0) is 29.7 Å². The minimum Gasteiger partial charge on any atom is -0.496 e. The molecule has 4 nitrogen and oxygen atoms in total. The van der Waals surface area contributed by atoms with E-state index in [-0.39, 0.29) is 5.91 Å². The van der Waals surface area contributed by atoms with E-state index in [0.29, 0.717) is 6.54 Å². The molecule has 2 rings (SSSR count). The Morgan fingerprint density at radius 3 is 2.57 bits per heavy atom. The number of benzene rings is 2. The van der Waals surface area contributed by atoms with E-state index >= 15 is 0 Å². The Labute approximate surface area is 124 Å². The van der Waals surface area contributed by atoms with E-state index in [0.717, 1.165) is 22.4 Å². The summed E-state index contributed by atoms with van der Waals surface area (Å²) in [6.07, 6.45) is 0. The molecule has 0 spiro atoms. The van der Waals surface area contributed by atoms with Gasteiger partial charge in [-0.2, -0.15) is 0 Å². The van der Waals surface area contributed by atoms with Gasteiger partial charge in [-0.3, -0.25) is 10.1 Å². The molecule has 0 aliphatic carbocycles. The topological polar surface area (TPSA) is 64.3 Å². The van der Waals surface area contributed by atoms with Gasteiger partial charge in [-0.15, -0.1) is 0 Å². The first-order valence-electron chi connectivity index (χ1n) is 6.83. The Bertz CT molecular complexity index is 611. The lowest BCUT2D eigenvalue weighted by Gasteiger charge is -2.16. The second kappa shape index (κ2) is 6.90. The number of primary amides is 1. The molecule has 0 aromatic heterocycles. The minimum absolute atomic E-state index is 0.389. The Morgan fingerprint density at radius 1 is 1.24 bits per heavy atom. The molecule has 0 fully saturated rings. The van der Waals surface area contributed by atoms with Crippen LogP contribution in [0.1, 0.15) is 22.7 Å². The van der Waals surface area contributed by atoms with Gasteiger partial charge in [0.15, 0.2) is 0 Å². The summed E-state index contributed by atoms with van der Waals surface area (Å²) in [6, 6.07) is 14.9. The zero-order valence-electron chi connectivity index (χ0n) is 12.3. The fourth-order valence-electron chi connectivity index (χ4n) is 2.22. The first kappa shape index (κ1) is 15.1. The van der Waals surface area contributed by atoms with Crippen molar-refractivity contribution in [1.29, 1.82) is 0 Å². The third-order valence-corrected chi connectivity index (χ3v) is 3.40. The monoisotopic (exact) mass is 284 g/mol. The lowest BCUT2D eigenvalue weighted by atomic mass is 10.1. The lowest BCUT2D eigenvalue weighted by Crippen LogP contribution is -2.33. The molecule has 4 heteroatoms. The van der Waals surface area contributed by atoms with E-state index in [1.54, 1.807) is 7.11 Å². The molecule has 0 saturated heterocycles. The van der Waals surface area contributed by atoms with Crippen LogP contribution in [-0.4, -0.2) is 13.0 Å². The van der Waals surface area contributed by atoms with Crippen molar-refractivity contribution in [3.8, 4) is 5.75 Å². The molecule has 1 unspecified atom stereocenters. The van der Waals surface area contributed by atoms with E-state index in [2.05, 4.69) is 5.32 Å². The Kier molecular flexibility index (Phi) is 4.95. The number of aryl methyl sites for hydroxylation is 1. The van der Waals surface area contributed by atoms with Crippen molar-refractivity contribution in [2.75, 3.05) is 7.11 Å². The van der Waals surface area contributed by atoms with Crippen LogP contribution in [0, 0.1) is 6.92 Å². The molecule has 21 heavy (non-hydrogen) atoms. The number of methoxy groups -OCH3 is 1. The highest BCUT2D eigenvalue weighted by Gasteiger charge is 2.16. The van der Waals surface area contributed by atoms with Gasteiger partial charge in [0.25, 0.3) is 0 Å². The van der Waals surface area contributed by atoms with Gasteiger partial charge in [-0.1, -0.05) is 42.5 Å². The molecule has 0 radical (unpaired) electrons. The molecule has 1 amide bonds. The predicted molar refractivity (Wildman–Crippen MR) is 82.9 cm³/mol. The molecule has 1 atom stereocenters. The molecule has 3 N–H and O–H groups in total. The molecule has 0 bridgehead atoms. The van der Waals surface area contributed by atoms with Crippen molar-refractivity contribution < 1.29 is 9.53 Å². The number of carbonyl (C=O) groups excluding carboxylic acids is 1. The highest BCUT2D eigenvalue weighted by atomic mass is 16.5. The fraction of sp³-hybridized carbons (Fsp3) is 0.235. The smallest absolute Gasteiger partial charge is 0.239 e. The molecular formula is C17H20N2O2. The largest absolute Gasteiger partial charge is 0.496 e. The Hall–Kier alpha value is -2.33. The fourth-order valence-corrected chi connectivity index (χ4v) is 2.22. The number of hydrogen-bond donors (Lipinski definition) is 2. The summed E-state index contributed by atoms with van der Waals surface area (Å²) in [7, 11) is 1.65. The zero-order valence-corrected chi connectivity index (χ0v) is 12.3. The second-order valence-electron chi connectivity index (χ2n) is 4.93. The second-order valence-corrected chi connectivity index (χ2v) is 4.93. The first-order chi connectivity index (χ1) is 10.1. The summed E-state index contributed by atoms with van der Waals surface area (Å²) in [5.41, 5.74) is 8.47. The number of amides is 1. The SMILES string of the molecule is COc1cc(CNC(C(N)=O)c2ccccc2)ccc1C. The third kappa shape index (κ3) is 3.83. The van der Waals surface area contributed by atoms with Crippen LogP contribution in [0.2, 0.25) is 0 Å². The van der Waals surface area contributed by atoms with Crippen LogP contribution in [0.5, 0.6) is 5.75 Å². The third-order valence-electron chi connectivity index (χ3n) is 3.40. The summed E-state index contributed by atoms with van der Waals surface area (Å²) in [5.74, 6) is 0.449. The highest BCUT2D eigenvalue weighted by molar-refractivity contribution is 5.81. The minimum atomic E-state index is -0.501. The van der Waals surface area contributed by atoms with Crippen LogP contribution in [0.3, 0.4) is 0 Å². The predicted octanol–water partition coefficient (Wildman–Crippen LogP) is 2.32. The molecule has 0 heterocycles. The van der Waals surface area contributed by atoms with Crippen molar-refractivity contribution in [3.63, 3.8) is 0 Å². The quantitative estimate of drug-likeness (QED) is 0.855. The molecule has 0 saturated carbocycles. The summed E-state index contributed by atoms with van der Waals surface area (Å²) in [6.45, 7) is 2.53. The van der Waals surface area contributed by atoms with Crippen molar-refractivity contribution >= 4 is 5.91 Å². The molecule has 2 aromatic carbocycles. The average Bonchev–Trinajstić information content (AvgIpc) is 2.49. The summed E-state index contributed by atoms with van der Waals surface area (Å²) in [5, 5.41) is 3.19. The van der Waals surface area contributed by atoms with Crippen molar-refractivity contribution in [2.24, 2.45) is 5.73 Å². The molecule has 110 valence electrons. The van der Waals surface area contributed by atoms with Crippen LogP contribution in [0.15, 0.2) is 48.5 Å². The summed E-state index contributed by atoms with van der Waals surface area (Å²) in [4.78, 5) is 11.6. The number of carbonyl (C=O) groups is 1. The Balaban J connectivity index is 2.11. The highest BCUT2D eigenvalue weighted by Crippen LogP contribution is 2.20. The van der Waals surface area contributed by atoms with E-state index in [4.69, 9.17) is 10.5 Å². The zero-order chi connectivity index (χ0) is 15.2. The van der Waals surface area contributed by atoms with Gasteiger partial charge < -0.3 is 10.5 Å². The summed E-state index contributed by atoms with van der Waals surface area (Å²) < 4.78 is 5.31. The van der Waals surface area contributed by atoms with E-state index in [9.17, 15) is 4.79 Å². The maximum Gasteiger partial charge on any atom is 0.239 e. The van der Waals surface area contributed by atoms with Gasteiger partial charge in [-0.25, -0.2) is 0 Å². The maximum absolute atomic E-state index is 11.6. The number of rotatable bonds is 6. The van der Waals surface area contributed by atoms with E-state index in [1.807, 2.05) is 55.5 Å². The van der Waals surface area contributed by atoms with Crippen molar-refractivity contribution in [2.45, 2.75) is 19.5 Å². The van der Waals surface area contributed by atoms with Crippen LogP contribution in [-0.2, 0) is 11.3 Å². The van der Waals surface area contributed by atoms with Gasteiger partial charge >= 0.3 is 0 Å². The van der Waals surface area contributed by atoms with Crippen molar-refractivity contribution in [1.82, 2.24) is 5.32 Å². The van der Waals surface area contributed by atoms with Crippen LogP contribution in [0.4, 0.5) is 0 Å². The number of ether oxygens (including phenoxy) is 1. The standard InChI is InChI=1S/C17H20N2O2/c1-12-8-9-13(10-15(12)21-2)11-19-16(17(18)20)14-6-4-3-5-7-14/h3-10,16,19H,11H2,1-2H3,(H2,18,20). The molecular weight excluding hydrogens is 264 g/mol. The average molecular weight is 284 g/mol.